The van der Waals surface area contributed by atoms with E-state index in [1.165, 1.54) is 11.1 Å². The number of allylic oxidation sites excluding steroid dienone is 4. The van der Waals surface area contributed by atoms with Gasteiger partial charge in [0, 0.05) is 12.3 Å². The Labute approximate surface area is 99.6 Å². The van der Waals surface area contributed by atoms with Gasteiger partial charge in [0.05, 0.1) is 0 Å². The molecular weight excluding hydrogens is 196 g/mol. The molecule has 16 heavy (non-hydrogen) atoms. The molecule has 0 amide bonds. The number of carbonyl (C=O) groups excluding carboxylic acids is 1. The molecule has 0 aromatic heterocycles. The van der Waals surface area contributed by atoms with Gasteiger partial charge in [0.25, 0.3) is 0 Å². The van der Waals surface area contributed by atoms with Gasteiger partial charge < -0.3 is 0 Å². The number of ketones is 1. The molecule has 0 bridgehead atoms. The van der Waals surface area contributed by atoms with Crippen LogP contribution in [0.15, 0.2) is 23.3 Å². The topological polar surface area (TPSA) is 17.1 Å². The SMILES string of the molecule is CC1=CCCC(=O)C(C)CCC(C)=CCC1. The average molecular weight is 220 g/mol. The summed E-state index contributed by atoms with van der Waals surface area (Å²) in [5, 5.41) is 0. The van der Waals surface area contributed by atoms with Gasteiger partial charge in [0.15, 0.2) is 0 Å². The lowest BCUT2D eigenvalue weighted by molar-refractivity contribution is -0.122. The van der Waals surface area contributed by atoms with Crippen molar-refractivity contribution in [3.05, 3.63) is 23.3 Å². The molecular formula is C15H24O. The Morgan fingerprint density at radius 1 is 1.00 bits per heavy atom. The third kappa shape index (κ3) is 4.78. The predicted octanol–water partition coefficient (Wildman–Crippen LogP) is 4.44. The lowest BCUT2D eigenvalue weighted by Gasteiger charge is -2.11. The van der Waals surface area contributed by atoms with Crippen LogP contribution in [0.5, 0.6) is 0 Å². The van der Waals surface area contributed by atoms with Gasteiger partial charge >= 0.3 is 0 Å². The number of Topliss-reactive ketones (excluding diaryl/α,β-unsaturated/α-hetero) is 1. The van der Waals surface area contributed by atoms with Gasteiger partial charge in [0.1, 0.15) is 5.78 Å². The first kappa shape index (κ1) is 13.2. The zero-order chi connectivity index (χ0) is 12.0. The summed E-state index contributed by atoms with van der Waals surface area (Å²) < 4.78 is 0. The summed E-state index contributed by atoms with van der Waals surface area (Å²) in [5.74, 6) is 0.661. The molecule has 1 atom stereocenters. The Hall–Kier alpha value is -0.850. The van der Waals surface area contributed by atoms with Crippen LogP contribution in [0.2, 0.25) is 0 Å². The van der Waals surface area contributed by atoms with Gasteiger partial charge in [-0.1, -0.05) is 30.2 Å². The van der Waals surface area contributed by atoms with Gasteiger partial charge in [-0.05, 0) is 46.0 Å². The Kier molecular flexibility index (Phi) is 5.51. The molecule has 0 aliphatic heterocycles. The summed E-state index contributed by atoms with van der Waals surface area (Å²) in [6, 6.07) is 0. The maximum Gasteiger partial charge on any atom is 0.136 e. The quantitative estimate of drug-likeness (QED) is 0.552. The highest BCUT2D eigenvalue weighted by Gasteiger charge is 2.12. The smallest absolute Gasteiger partial charge is 0.136 e. The molecule has 0 saturated carbocycles. The fourth-order valence-corrected chi connectivity index (χ4v) is 2.06. The lowest BCUT2D eigenvalue weighted by atomic mass is 9.93. The largest absolute Gasteiger partial charge is 0.299 e. The average Bonchev–Trinajstić information content (AvgIpc) is 2.24. The molecule has 1 aliphatic carbocycles. The highest BCUT2D eigenvalue weighted by atomic mass is 16.1. The molecule has 0 radical (unpaired) electrons. The summed E-state index contributed by atoms with van der Waals surface area (Å²) in [5.41, 5.74) is 2.86. The molecule has 0 heterocycles. The number of hydrogen-bond donors (Lipinski definition) is 0. The molecule has 0 fully saturated rings. The first-order valence-corrected chi connectivity index (χ1v) is 6.43. The third-order valence-corrected chi connectivity index (χ3v) is 3.44. The van der Waals surface area contributed by atoms with Crippen LogP contribution in [0.25, 0.3) is 0 Å². The van der Waals surface area contributed by atoms with Crippen LogP contribution >= 0.6 is 0 Å². The van der Waals surface area contributed by atoms with Crippen molar-refractivity contribution >= 4 is 5.78 Å². The zero-order valence-corrected chi connectivity index (χ0v) is 10.9. The summed E-state index contributed by atoms with van der Waals surface area (Å²) in [7, 11) is 0. The first-order valence-electron chi connectivity index (χ1n) is 6.43. The molecule has 0 aromatic rings. The van der Waals surface area contributed by atoms with Crippen molar-refractivity contribution < 1.29 is 4.79 Å². The number of rotatable bonds is 0. The van der Waals surface area contributed by atoms with Crippen LogP contribution < -0.4 is 0 Å². The van der Waals surface area contributed by atoms with Gasteiger partial charge in [-0.3, -0.25) is 4.79 Å². The van der Waals surface area contributed by atoms with Gasteiger partial charge in [0.2, 0.25) is 0 Å². The monoisotopic (exact) mass is 220 g/mol. The van der Waals surface area contributed by atoms with Crippen molar-refractivity contribution in [2.75, 3.05) is 0 Å². The fourth-order valence-electron chi connectivity index (χ4n) is 2.06. The minimum Gasteiger partial charge on any atom is -0.299 e. The van der Waals surface area contributed by atoms with Crippen molar-refractivity contribution in [1.82, 2.24) is 0 Å². The fraction of sp³-hybridized carbons (Fsp3) is 0.667. The van der Waals surface area contributed by atoms with Crippen molar-refractivity contribution in [2.24, 2.45) is 5.92 Å². The highest BCUT2D eigenvalue weighted by Crippen LogP contribution is 2.18. The first-order chi connectivity index (χ1) is 7.59. The van der Waals surface area contributed by atoms with Crippen LogP contribution in [0.3, 0.4) is 0 Å². The maximum absolute atomic E-state index is 11.8. The predicted molar refractivity (Wildman–Crippen MR) is 69.4 cm³/mol. The van der Waals surface area contributed by atoms with Crippen LogP contribution in [0, 0.1) is 5.92 Å². The van der Waals surface area contributed by atoms with Gasteiger partial charge in [-0.25, -0.2) is 0 Å². The van der Waals surface area contributed by atoms with Crippen LogP contribution in [0.4, 0.5) is 0 Å². The Morgan fingerprint density at radius 3 is 2.25 bits per heavy atom. The Bertz CT molecular complexity index is 297. The van der Waals surface area contributed by atoms with Crippen LogP contribution in [-0.4, -0.2) is 5.78 Å². The minimum absolute atomic E-state index is 0.233. The van der Waals surface area contributed by atoms with Crippen LogP contribution in [-0.2, 0) is 4.79 Å². The van der Waals surface area contributed by atoms with E-state index in [0.29, 0.717) is 5.78 Å². The van der Waals surface area contributed by atoms with E-state index < -0.39 is 0 Å². The molecule has 0 saturated heterocycles. The number of hydrogen-bond acceptors (Lipinski definition) is 1. The van der Waals surface area contributed by atoms with Gasteiger partial charge in [-0.15, -0.1) is 0 Å². The van der Waals surface area contributed by atoms with E-state index in [-0.39, 0.29) is 5.92 Å². The Balaban J connectivity index is 2.64. The second-order valence-corrected chi connectivity index (χ2v) is 5.08. The van der Waals surface area contributed by atoms with E-state index >= 15 is 0 Å². The number of carbonyl (C=O) groups is 1. The van der Waals surface area contributed by atoms with E-state index in [0.717, 1.165) is 38.5 Å². The molecule has 0 aromatic carbocycles. The summed E-state index contributed by atoms with van der Waals surface area (Å²) in [6.07, 6.45) is 10.6. The van der Waals surface area contributed by atoms with E-state index in [9.17, 15) is 4.79 Å². The molecule has 1 aliphatic rings. The summed E-state index contributed by atoms with van der Waals surface area (Å²) >= 11 is 0. The van der Waals surface area contributed by atoms with E-state index in [1.54, 1.807) is 0 Å². The molecule has 1 rings (SSSR count). The summed E-state index contributed by atoms with van der Waals surface area (Å²) in [6.45, 7) is 6.42. The molecule has 1 nitrogen and oxygen atoms in total. The van der Waals surface area contributed by atoms with Gasteiger partial charge in [-0.2, -0.15) is 0 Å². The van der Waals surface area contributed by atoms with Crippen molar-refractivity contribution in [2.45, 2.75) is 59.3 Å². The van der Waals surface area contributed by atoms with E-state index in [2.05, 4.69) is 32.9 Å². The Morgan fingerprint density at radius 2 is 1.56 bits per heavy atom. The second-order valence-electron chi connectivity index (χ2n) is 5.08. The molecule has 0 spiro atoms. The zero-order valence-electron chi connectivity index (χ0n) is 10.9. The maximum atomic E-state index is 11.8. The van der Waals surface area contributed by atoms with E-state index in [4.69, 9.17) is 0 Å². The standard InChI is InChI=1S/C15H24O/c1-12-6-4-7-13(2)10-11-14(3)15(16)9-5-8-12/h7-8,14H,4-6,9-11H2,1-3H3. The van der Waals surface area contributed by atoms with E-state index in [1.807, 2.05) is 0 Å². The van der Waals surface area contributed by atoms with Crippen molar-refractivity contribution in [3.63, 3.8) is 0 Å². The lowest BCUT2D eigenvalue weighted by Crippen LogP contribution is -2.10. The van der Waals surface area contributed by atoms with Crippen LogP contribution in [0.1, 0.15) is 59.3 Å². The van der Waals surface area contributed by atoms with Crippen molar-refractivity contribution in [1.29, 1.82) is 0 Å². The minimum atomic E-state index is 0.233. The molecule has 1 unspecified atom stereocenters. The molecule has 0 N–H and O–H groups in total. The third-order valence-electron chi connectivity index (χ3n) is 3.44. The van der Waals surface area contributed by atoms with Crippen molar-refractivity contribution in [3.8, 4) is 0 Å². The highest BCUT2D eigenvalue weighted by molar-refractivity contribution is 5.80. The normalized spacial score (nSPS) is 25.2. The summed E-state index contributed by atoms with van der Waals surface area (Å²) in [4.78, 5) is 11.8. The molecule has 1 heteroatoms. The molecule has 90 valence electrons. The second kappa shape index (κ2) is 6.67.